The Balaban J connectivity index is 1.89. The van der Waals surface area contributed by atoms with E-state index in [-0.39, 0.29) is 5.78 Å². The summed E-state index contributed by atoms with van der Waals surface area (Å²) in [4.78, 5) is 12.5. The minimum Gasteiger partial charge on any atom is -0.497 e. The molecule has 0 fully saturated rings. The molecule has 0 aromatic heterocycles. The van der Waals surface area contributed by atoms with Gasteiger partial charge < -0.3 is 9.47 Å². The molecule has 3 rings (SSSR count). The number of methoxy groups -OCH3 is 2. The van der Waals surface area contributed by atoms with Crippen LogP contribution in [0.5, 0.6) is 11.5 Å². The van der Waals surface area contributed by atoms with E-state index in [4.69, 9.17) is 9.47 Å². The Morgan fingerprint density at radius 2 is 1.67 bits per heavy atom. The maximum atomic E-state index is 12.5. The van der Waals surface area contributed by atoms with Crippen molar-refractivity contribution in [3.05, 3.63) is 77.9 Å². The molecule has 0 spiro atoms. The minimum absolute atomic E-state index is 0.0503. The van der Waals surface area contributed by atoms with Crippen molar-refractivity contribution in [1.29, 1.82) is 0 Å². The highest BCUT2D eigenvalue weighted by Gasteiger charge is 2.05. The molecule has 0 saturated carbocycles. The molecular formula is C21H18O3. The van der Waals surface area contributed by atoms with Gasteiger partial charge in [-0.1, -0.05) is 36.4 Å². The number of hydrogen-bond donors (Lipinski definition) is 0. The quantitative estimate of drug-likeness (QED) is 0.503. The summed E-state index contributed by atoms with van der Waals surface area (Å²) in [6.07, 6.45) is 3.31. The fraction of sp³-hybridized carbons (Fsp3) is 0.0952. The van der Waals surface area contributed by atoms with E-state index in [1.54, 1.807) is 26.4 Å². The third kappa shape index (κ3) is 3.30. The molecule has 0 bridgehead atoms. The van der Waals surface area contributed by atoms with Gasteiger partial charge in [-0.05, 0) is 47.2 Å². The Hall–Kier alpha value is -3.07. The Labute approximate surface area is 141 Å². The van der Waals surface area contributed by atoms with Crippen LogP contribution >= 0.6 is 0 Å². The van der Waals surface area contributed by atoms with Gasteiger partial charge in [0.15, 0.2) is 5.78 Å². The first kappa shape index (κ1) is 15.8. The van der Waals surface area contributed by atoms with Crippen LogP contribution in [0.1, 0.15) is 15.9 Å². The van der Waals surface area contributed by atoms with Gasteiger partial charge in [0.05, 0.1) is 14.2 Å². The monoisotopic (exact) mass is 318 g/mol. The van der Waals surface area contributed by atoms with E-state index in [0.717, 1.165) is 16.3 Å². The second-order valence-electron chi connectivity index (χ2n) is 5.37. The number of rotatable bonds is 5. The lowest BCUT2D eigenvalue weighted by Crippen LogP contribution is -1.94. The third-order valence-corrected chi connectivity index (χ3v) is 3.89. The molecule has 3 aromatic carbocycles. The Morgan fingerprint density at radius 3 is 2.42 bits per heavy atom. The van der Waals surface area contributed by atoms with Gasteiger partial charge in [0.2, 0.25) is 0 Å². The summed E-state index contributed by atoms with van der Waals surface area (Å²) in [5.74, 6) is 1.36. The van der Waals surface area contributed by atoms with Crippen LogP contribution in [-0.4, -0.2) is 20.0 Å². The summed E-state index contributed by atoms with van der Waals surface area (Å²) in [7, 11) is 3.21. The molecule has 0 aliphatic carbocycles. The van der Waals surface area contributed by atoms with Crippen LogP contribution in [0.2, 0.25) is 0 Å². The normalized spacial score (nSPS) is 10.9. The van der Waals surface area contributed by atoms with Crippen molar-refractivity contribution in [2.75, 3.05) is 14.2 Å². The Kier molecular flexibility index (Phi) is 4.62. The van der Waals surface area contributed by atoms with Crippen LogP contribution in [0.25, 0.3) is 16.8 Å². The molecule has 0 N–H and O–H groups in total. The number of benzene rings is 3. The van der Waals surface area contributed by atoms with Gasteiger partial charge in [0.25, 0.3) is 0 Å². The Morgan fingerprint density at radius 1 is 0.875 bits per heavy atom. The molecule has 0 unspecified atom stereocenters. The topological polar surface area (TPSA) is 35.5 Å². The molecule has 0 heterocycles. The lowest BCUT2D eigenvalue weighted by molar-refractivity contribution is 0.104. The van der Waals surface area contributed by atoms with Crippen LogP contribution in [-0.2, 0) is 0 Å². The number of allylic oxidation sites excluding steroid dienone is 1. The van der Waals surface area contributed by atoms with Gasteiger partial charge >= 0.3 is 0 Å². The van der Waals surface area contributed by atoms with Crippen LogP contribution in [0.3, 0.4) is 0 Å². The zero-order valence-electron chi connectivity index (χ0n) is 13.7. The summed E-state index contributed by atoms with van der Waals surface area (Å²) in [6, 6.07) is 19.2. The average molecular weight is 318 g/mol. The van der Waals surface area contributed by atoms with Crippen molar-refractivity contribution in [3.8, 4) is 11.5 Å². The molecule has 3 nitrogen and oxygen atoms in total. The van der Waals surface area contributed by atoms with Gasteiger partial charge in [-0.2, -0.15) is 0 Å². The molecule has 0 radical (unpaired) electrons. The zero-order chi connectivity index (χ0) is 16.9. The molecule has 3 heteroatoms. The molecule has 0 aliphatic rings. The predicted octanol–water partition coefficient (Wildman–Crippen LogP) is 4.75. The van der Waals surface area contributed by atoms with Crippen molar-refractivity contribution in [3.63, 3.8) is 0 Å². The number of ketones is 1. The summed E-state index contributed by atoms with van der Waals surface area (Å²) < 4.78 is 10.5. The maximum Gasteiger partial charge on any atom is 0.185 e. The number of carbonyl (C=O) groups is 1. The van der Waals surface area contributed by atoms with Crippen molar-refractivity contribution in [2.24, 2.45) is 0 Å². The first-order valence-corrected chi connectivity index (χ1v) is 7.64. The van der Waals surface area contributed by atoms with Gasteiger partial charge in [-0.15, -0.1) is 0 Å². The number of hydrogen-bond acceptors (Lipinski definition) is 3. The molecule has 24 heavy (non-hydrogen) atoms. The number of ether oxygens (including phenoxy) is 2. The zero-order valence-corrected chi connectivity index (χ0v) is 13.7. The lowest BCUT2D eigenvalue weighted by Gasteiger charge is -2.07. The van der Waals surface area contributed by atoms with Crippen molar-refractivity contribution >= 4 is 22.6 Å². The highest BCUT2D eigenvalue weighted by atomic mass is 16.5. The van der Waals surface area contributed by atoms with Crippen molar-refractivity contribution < 1.29 is 14.3 Å². The molecule has 0 amide bonds. The van der Waals surface area contributed by atoms with E-state index in [1.807, 2.05) is 60.7 Å². The maximum absolute atomic E-state index is 12.5. The van der Waals surface area contributed by atoms with Crippen LogP contribution in [0.4, 0.5) is 0 Å². The van der Waals surface area contributed by atoms with E-state index in [0.29, 0.717) is 17.1 Å². The van der Waals surface area contributed by atoms with E-state index < -0.39 is 0 Å². The third-order valence-electron chi connectivity index (χ3n) is 3.89. The van der Waals surface area contributed by atoms with Crippen molar-refractivity contribution in [1.82, 2.24) is 0 Å². The summed E-state index contributed by atoms with van der Waals surface area (Å²) in [5, 5.41) is 2.17. The van der Waals surface area contributed by atoms with Gasteiger partial charge in [-0.3, -0.25) is 4.79 Å². The van der Waals surface area contributed by atoms with E-state index >= 15 is 0 Å². The molecule has 0 saturated heterocycles. The van der Waals surface area contributed by atoms with Crippen LogP contribution in [0.15, 0.2) is 66.7 Å². The van der Waals surface area contributed by atoms with Gasteiger partial charge in [0.1, 0.15) is 11.5 Å². The van der Waals surface area contributed by atoms with Gasteiger partial charge in [-0.25, -0.2) is 0 Å². The summed E-state index contributed by atoms with van der Waals surface area (Å²) in [5.41, 5.74) is 1.46. The SMILES string of the molecule is COc1ccc(OC)c(/C=C/C(=O)c2ccc3ccccc3c2)c1. The van der Waals surface area contributed by atoms with Crippen molar-refractivity contribution in [2.45, 2.75) is 0 Å². The van der Waals surface area contributed by atoms with Gasteiger partial charge in [0, 0.05) is 11.1 Å². The molecule has 0 aliphatic heterocycles. The summed E-state index contributed by atoms with van der Waals surface area (Å²) in [6.45, 7) is 0. The molecule has 3 aromatic rings. The second kappa shape index (κ2) is 7.01. The van der Waals surface area contributed by atoms with Crippen LogP contribution in [0, 0.1) is 0 Å². The first-order valence-electron chi connectivity index (χ1n) is 7.64. The highest BCUT2D eigenvalue weighted by Crippen LogP contribution is 2.25. The van der Waals surface area contributed by atoms with Crippen LogP contribution < -0.4 is 9.47 Å². The minimum atomic E-state index is -0.0503. The molecule has 0 atom stereocenters. The summed E-state index contributed by atoms with van der Waals surface area (Å²) >= 11 is 0. The molecule has 120 valence electrons. The van der Waals surface area contributed by atoms with E-state index in [2.05, 4.69) is 0 Å². The largest absolute Gasteiger partial charge is 0.497 e. The predicted molar refractivity (Wildman–Crippen MR) is 96.9 cm³/mol. The average Bonchev–Trinajstić information content (AvgIpc) is 2.65. The standard InChI is InChI=1S/C21H18O3/c1-23-19-10-12-21(24-2)18(14-19)9-11-20(22)17-8-7-15-5-3-4-6-16(15)13-17/h3-14H,1-2H3/b11-9+. The number of carbonyl (C=O) groups excluding carboxylic acids is 1. The Bertz CT molecular complexity index is 910. The highest BCUT2D eigenvalue weighted by molar-refractivity contribution is 6.08. The smallest absolute Gasteiger partial charge is 0.185 e. The van der Waals surface area contributed by atoms with E-state index in [1.165, 1.54) is 0 Å². The molecular weight excluding hydrogens is 300 g/mol. The lowest BCUT2D eigenvalue weighted by atomic mass is 10.0. The van der Waals surface area contributed by atoms with E-state index in [9.17, 15) is 4.79 Å². The number of fused-ring (bicyclic) bond motifs is 1. The second-order valence-corrected chi connectivity index (χ2v) is 5.37. The first-order chi connectivity index (χ1) is 11.7. The fourth-order valence-electron chi connectivity index (χ4n) is 2.57. The fourth-order valence-corrected chi connectivity index (χ4v) is 2.57.